The van der Waals surface area contributed by atoms with Gasteiger partial charge in [0.25, 0.3) is 11.5 Å². The number of fused-ring (bicyclic) bond motifs is 3. The van der Waals surface area contributed by atoms with Crippen LogP contribution in [0.2, 0.25) is 0 Å². The second-order valence-corrected chi connectivity index (χ2v) is 7.55. The Labute approximate surface area is 160 Å². The lowest BCUT2D eigenvalue weighted by atomic mass is 10.3. The number of aromatic nitrogens is 2. The minimum absolute atomic E-state index is 0.131. The molecule has 3 heterocycles. The number of carbonyl (C=O) groups is 2. The Kier molecular flexibility index (Phi) is 4.69. The van der Waals surface area contributed by atoms with Crippen molar-refractivity contribution in [3.8, 4) is 0 Å². The average Bonchev–Trinajstić information content (AvgIpc) is 3.32. The van der Waals surface area contributed by atoms with Gasteiger partial charge in [0, 0.05) is 6.07 Å². The van der Waals surface area contributed by atoms with Gasteiger partial charge < -0.3 is 10.1 Å². The third kappa shape index (κ3) is 3.60. The molecule has 0 aliphatic carbocycles. The van der Waals surface area contributed by atoms with Crippen molar-refractivity contribution >= 4 is 49.7 Å². The lowest BCUT2D eigenvalue weighted by Crippen LogP contribution is -2.30. The standard InChI is InChI=1S/C18H13N3O4S2/c22-15-8-11(20-18-21(15)12-4-1-2-5-13(12)27-18)10-25-16(23)9-19-17(24)14-6-3-7-26-14/h1-8H,9-10H2,(H,19,24). The maximum absolute atomic E-state index is 12.4. The van der Waals surface area contributed by atoms with Crippen LogP contribution in [0, 0.1) is 0 Å². The van der Waals surface area contributed by atoms with E-state index >= 15 is 0 Å². The highest BCUT2D eigenvalue weighted by Gasteiger charge is 2.12. The van der Waals surface area contributed by atoms with Crippen molar-refractivity contribution in [1.82, 2.24) is 14.7 Å². The molecule has 9 heteroatoms. The highest BCUT2D eigenvalue weighted by molar-refractivity contribution is 7.23. The third-order valence-electron chi connectivity index (χ3n) is 3.77. The summed E-state index contributed by atoms with van der Waals surface area (Å²) >= 11 is 2.68. The summed E-state index contributed by atoms with van der Waals surface area (Å²) in [5, 5.41) is 4.27. The Hall–Kier alpha value is -3.04. The lowest BCUT2D eigenvalue weighted by molar-refractivity contribution is -0.143. The minimum Gasteiger partial charge on any atom is -0.458 e. The SMILES string of the molecule is O=C(CNC(=O)c1cccs1)OCc1cc(=O)n2c(n1)sc1ccccc12. The molecule has 0 spiro atoms. The number of nitrogens with zero attached hydrogens (tertiary/aromatic N) is 2. The largest absolute Gasteiger partial charge is 0.458 e. The van der Waals surface area contributed by atoms with Crippen molar-refractivity contribution in [3.05, 3.63) is 68.8 Å². The van der Waals surface area contributed by atoms with Gasteiger partial charge in [-0.1, -0.05) is 29.5 Å². The summed E-state index contributed by atoms with van der Waals surface area (Å²) in [6.45, 7) is -0.380. The van der Waals surface area contributed by atoms with Crippen LogP contribution < -0.4 is 10.9 Å². The number of ether oxygens (including phenoxy) is 1. The molecule has 0 atom stereocenters. The van der Waals surface area contributed by atoms with E-state index in [1.807, 2.05) is 24.3 Å². The second-order valence-electron chi connectivity index (χ2n) is 5.59. The Morgan fingerprint density at radius 3 is 2.85 bits per heavy atom. The van der Waals surface area contributed by atoms with Gasteiger partial charge in [0.1, 0.15) is 13.2 Å². The summed E-state index contributed by atoms with van der Waals surface area (Å²) in [4.78, 5) is 41.5. The average molecular weight is 399 g/mol. The van der Waals surface area contributed by atoms with Crippen molar-refractivity contribution < 1.29 is 14.3 Å². The molecule has 4 aromatic rings. The first-order chi connectivity index (χ1) is 13.1. The van der Waals surface area contributed by atoms with Crippen LogP contribution in [0.15, 0.2) is 52.6 Å². The molecule has 7 nitrogen and oxygen atoms in total. The smallest absolute Gasteiger partial charge is 0.325 e. The van der Waals surface area contributed by atoms with E-state index in [0.717, 1.165) is 10.2 Å². The van der Waals surface area contributed by atoms with Crippen LogP contribution >= 0.6 is 22.7 Å². The summed E-state index contributed by atoms with van der Waals surface area (Å²) in [5.74, 6) is -0.928. The molecule has 0 bridgehead atoms. The van der Waals surface area contributed by atoms with E-state index in [1.165, 1.54) is 33.1 Å². The van der Waals surface area contributed by atoms with Crippen LogP contribution in [0.25, 0.3) is 15.2 Å². The van der Waals surface area contributed by atoms with Crippen molar-refractivity contribution in [2.45, 2.75) is 6.61 Å². The van der Waals surface area contributed by atoms with Crippen molar-refractivity contribution in [2.24, 2.45) is 0 Å². The number of hydrogen-bond donors (Lipinski definition) is 1. The maximum Gasteiger partial charge on any atom is 0.325 e. The molecular weight excluding hydrogens is 386 g/mol. The number of nitrogens with one attached hydrogen (secondary N) is 1. The first-order valence-corrected chi connectivity index (χ1v) is 9.69. The van der Waals surface area contributed by atoms with Crippen molar-refractivity contribution in [2.75, 3.05) is 6.54 Å². The van der Waals surface area contributed by atoms with Gasteiger partial charge >= 0.3 is 5.97 Å². The molecule has 136 valence electrons. The number of hydrogen-bond acceptors (Lipinski definition) is 7. The van der Waals surface area contributed by atoms with E-state index in [1.54, 1.807) is 17.5 Å². The Morgan fingerprint density at radius 2 is 2.04 bits per heavy atom. The lowest BCUT2D eigenvalue weighted by Gasteiger charge is -2.05. The van der Waals surface area contributed by atoms with Crippen molar-refractivity contribution in [1.29, 1.82) is 0 Å². The molecule has 0 saturated carbocycles. The number of thiazole rings is 1. The number of para-hydroxylation sites is 1. The number of amides is 1. The molecule has 1 N–H and O–H groups in total. The topological polar surface area (TPSA) is 89.8 Å². The Balaban J connectivity index is 1.43. The van der Waals surface area contributed by atoms with Gasteiger partial charge in [-0.05, 0) is 23.6 Å². The van der Waals surface area contributed by atoms with E-state index in [9.17, 15) is 14.4 Å². The monoisotopic (exact) mass is 399 g/mol. The van der Waals surface area contributed by atoms with Crippen LogP contribution in [0.5, 0.6) is 0 Å². The van der Waals surface area contributed by atoms with Gasteiger partial charge in [0.2, 0.25) is 0 Å². The quantitative estimate of drug-likeness (QED) is 0.521. The van der Waals surface area contributed by atoms with Gasteiger partial charge in [-0.3, -0.25) is 18.8 Å². The van der Waals surface area contributed by atoms with E-state index < -0.39 is 5.97 Å². The predicted molar refractivity (Wildman–Crippen MR) is 103 cm³/mol. The number of rotatable bonds is 5. The van der Waals surface area contributed by atoms with Crippen LogP contribution in [0.3, 0.4) is 0 Å². The van der Waals surface area contributed by atoms with Crippen LogP contribution in [-0.4, -0.2) is 27.8 Å². The van der Waals surface area contributed by atoms with Crippen LogP contribution in [0.4, 0.5) is 0 Å². The summed E-state index contributed by atoms with van der Waals surface area (Å²) < 4.78 is 7.60. The zero-order chi connectivity index (χ0) is 18.8. The number of benzene rings is 1. The molecule has 0 unspecified atom stereocenters. The highest BCUT2D eigenvalue weighted by Crippen LogP contribution is 2.23. The van der Waals surface area contributed by atoms with Gasteiger partial charge in [-0.15, -0.1) is 11.3 Å². The normalized spacial score (nSPS) is 11.0. The predicted octanol–water partition coefficient (Wildman–Crippen LogP) is 2.44. The number of carbonyl (C=O) groups excluding carboxylic acids is 2. The van der Waals surface area contributed by atoms with Gasteiger partial charge in [-0.25, -0.2) is 4.98 Å². The fourth-order valence-electron chi connectivity index (χ4n) is 2.55. The number of thiophene rings is 1. The molecule has 4 rings (SSSR count). The zero-order valence-electron chi connectivity index (χ0n) is 13.9. The highest BCUT2D eigenvalue weighted by atomic mass is 32.1. The van der Waals surface area contributed by atoms with E-state index in [0.29, 0.717) is 15.5 Å². The minimum atomic E-state index is -0.599. The number of esters is 1. The molecule has 1 amide bonds. The zero-order valence-corrected chi connectivity index (χ0v) is 15.5. The Morgan fingerprint density at radius 1 is 1.19 bits per heavy atom. The van der Waals surface area contributed by atoms with Crippen molar-refractivity contribution in [3.63, 3.8) is 0 Å². The van der Waals surface area contributed by atoms with Gasteiger partial charge in [-0.2, -0.15) is 0 Å². The first-order valence-electron chi connectivity index (χ1n) is 7.99. The summed E-state index contributed by atoms with van der Waals surface area (Å²) in [5.41, 5.74) is 0.939. The van der Waals surface area contributed by atoms with Gasteiger partial charge in [0.15, 0.2) is 4.96 Å². The van der Waals surface area contributed by atoms with Crippen LogP contribution in [0.1, 0.15) is 15.4 Å². The molecular formula is C18H13N3O4S2. The summed E-state index contributed by atoms with van der Waals surface area (Å²) in [6, 6.07) is 12.3. The second kappa shape index (κ2) is 7.29. The maximum atomic E-state index is 12.4. The molecule has 3 aromatic heterocycles. The molecule has 0 aliphatic rings. The van der Waals surface area contributed by atoms with E-state index in [4.69, 9.17) is 4.74 Å². The molecule has 0 fully saturated rings. The molecule has 1 aromatic carbocycles. The fourth-order valence-corrected chi connectivity index (χ4v) is 4.24. The Bertz CT molecular complexity index is 1190. The van der Waals surface area contributed by atoms with Crippen LogP contribution in [-0.2, 0) is 16.1 Å². The molecule has 0 aliphatic heterocycles. The summed E-state index contributed by atoms with van der Waals surface area (Å²) in [7, 11) is 0. The molecule has 0 radical (unpaired) electrons. The first kappa shape index (κ1) is 17.4. The van der Waals surface area contributed by atoms with E-state index in [-0.39, 0.29) is 24.6 Å². The van der Waals surface area contributed by atoms with E-state index in [2.05, 4.69) is 10.3 Å². The summed E-state index contributed by atoms with van der Waals surface area (Å²) in [6.07, 6.45) is 0. The molecule has 27 heavy (non-hydrogen) atoms. The van der Waals surface area contributed by atoms with Gasteiger partial charge in [0.05, 0.1) is 20.8 Å². The third-order valence-corrected chi connectivity index (χ3v) is 5.66. The fraction of sp³-hybridized carbons (Fsp3) is 0.111. The molecule has 0 saturated heterocycles.